The average molecular weight is 305 g/mol. The SMILES string of the molecule is COCc1ccccc1NCC(=O)Nc1ccccc1Cl. The molecular formula is C16H17ClN2O2. The van der Waals surface area contributed by atoms with Crippen LogP contribution in [-0.2, 0) is 16.1 Å². The smallest absolute Gasteiger partial charge is 0.243 e. The van der Waals surface area contributed by atoms with Gasteiger partial charge in [-0.25, -0.2) is 0 Å². The van der Waals surface area contributed by atoms with Crippen molar-refractivity contribution in [1.29, 1.82) is 0 Å². The maximum absolute atomic E-state index is 11.9. The molecule has 2 N–H and O–H groups in total. The Morgan fingerprint density at radius 2 is 1.76 bits per heavy atom. The first kappa shape index (κ1) is 15.4. The lowest BCUT2D eigenvalue weighted by Gasteiger charge is -2.12. The third kappa shape index (κ3) is 4.48. The Morgan fingerprint density at radius 3 is 2.48 bits per heavy atom. The molecule has 0 radical (unpaired) electrons. The predicted octanol–water partition coefficient (Wildman–Crippen LogP) is 3.54. The van der Waals surface area contributed by atoms with Gasteiger partial charge in [-0.05, 0) is 18.2 Å². The first-order chi connectivity index (χ1) is 10.2. The topological polar surface area (TPSA) is 50.4 Å². The highest BCUT2D eigenvalue weighted by Crippen LogP contribution is 2.20. The van der Waals surface area contributed by atoms with Gasteiger partial charge in [-0.2, -0.15) is 0 Å². The summed E-state index contributed by atoms with van der Waals surface area (Å²) in [7, 11) is 1.64. The summed E-state index contributed by atoms with van der Waals surface area (Å²) in [5, 5.41) is 6.39. The first-order valence-corrected chi connectivity index (χ1v) is 6.93. The highest BCUT2D eigenvalue weighted by Gasteiger charge is 2.06. The van der Waals surface area contributed by atoms with Crippen LogP contribution >= 0.6 is 11.6 Å². The van der Waals surface area contributed by atoms with Crippen LogP contribution in [0.4, 0.5) is 11.4 Å². The molecule has 2 rings (SSSR count). The highest BCUT2D eigenvalue weighted by molar-refractivity contribution is 6.33. The van der Waals surface area contributed by atoms with Crippen LogP contribution in [0.2, 0.25) is 5.02 Å². The summed E-state index contributed by atoms with van der Waals surface area (Å²) in [5.74, 6) is -0.157. The zero-order valence-corrected chi connectivity index (χ0v) is 12.5. The Kier molecular flexibility index (Phi) is 5.60. The van der Waals surface area contributed by atoms with Crippen molar-refractivity contribution in [1.82, 2.24) is 0 Å². The number of hydrogen-bond donors (Lipinski definition) is 2. The molecule has 4 nitrogen and oxygen atoms in total. The van der Waals surface area contributed by atoms with Crippen molar-refractivity contribution >= 4 is 28.9 Å². The van der Waals surface area contributed by atoms with Gasteiger partial charge in [0.1, 0.15) is 0 Å². The minimum absolute atomic E-state index is 0.157. The van der Waals surface area contributed by atoms with E-state index >= 15 is 0 Å². The number of carbonyl (C=O) groups is 1. The molecule has 0 saturated heterocycles. The maximum Gasteiger partial charge on any atom is 0.243 e. The van der Waals surface area contributed by atoms with Crippen molar-refractivity contribution in [3.05, 3.63) is 59.1 Å². The third-order valence-electron chi connectivity index (χ3n) is 2.90. The van der Waals surface area contributed by atoms with E-state index in [0.29, 0.717) is 17.3 Å². The van der Waals surface area contributed by atoms with Gasteiger partial charge in [-0.15, -0.1) is 0 Å². The van der Waals surface area contributed by atoms with E-state index in [0.717, 1.165) is 11.3 Å². The number of benzene rings is 2. The van der Waals surface area contributed by atoms with Crippen LogP contribution in [0.15, 0.2) is 48.5 Å². The van der Waals surface area contributed by atoms with E-state index in [2.05, 4.69) is 10.6 Å². The molecule has 0 aliphatic carbocycles. The van der Waals surface area contributed by atoms with E-state index in [1.807, 2.05) is 36.4 Å². The Morgan fingerprint density at radius 1 is 1.10 bits per heavy atom. The summed E-state index contributed by atoms with van der Waals surface area (Å²) < 4.78 is 5.13. The van der Waals surface area contributed by atoms with Crippen molar-refractivity contribution < 1.29 is 9.53 Å². The van der Waals surface area contributed by atoms with Gasteiger partial charge in [-0.3, -0.25) is 4.79 Å². The van der Waals surface area contributed by atoms with Crippen LogP contribution < -0.4 is 10.6 Å². The molecule has 0 fully saturated rings. The van der Waals surface area contributed by atoms with Crippen LogP contribution in [0.3, 0.4) is 0 Å². The number of nitrogens with one attached hydrogen (secondary N) is 2. The lowest BCUT2D eigenvalue weighted by molar-refractivity contribution is -0.114. The second-order valence-corrected chi connectivity index (χ2v) is 4.88. The molecule has 0 aliphatic heterocycles. The van der Waals surface area contributed by atoms with Crippen LogP contribution in [0.25, 0.3) is 0 Å². The Labute approximate surface area is 129 Å². The number of carbonyl (C=O) groups excluding carboxylic acids is 1. The molecule has 110 valence electrons. The number of ether oxygens (including phenoxy) is 1. The van der Waals surface area contributed by atoms with Gasteiger partial charge in [0, 0.05) is 18.4 Å². The number of amides is 1. The fraction of sp³-hybridized carbons (Fsp3) is 0.188. The maximum atomic E-state index is 11.9. The Hall–Kier alpha value is -2.04. The molecule has 2 aromatic rings. The summed E-state index contributed by atoms with van der Waals surface area (Å²) >= 11 is 6.00. The molecule has 0 aromatic heterocycles. The minimum atomic E-state index is -0.157. The molecule has 0 bridgehead atoms. The van der Waals surface area contributed by atoms with Gasteiger partial charge in [-0.1, -0.05) is 41.9 Å². The molecule has 0 unspecified atom stereocenters. The second kappa shape index (κ2) is 7.67. The van der Waals surface area contributed by atoms with E-state index in [-0.39, 0.29) is 12.5 Å². The molecule has 0 atom stereocenters. The first-order valence-electron chi connectivity index (χ1n) is 6.56. The summed E-state index contributed by atoms with van der Waals surface area (Å²) in [6.45, 7) is 0.654. The van der Waals surface area contributed by atoms with Crippen LogP contribution in [0.5, 0.6) is 0 Å². The molecule has 0 aliphatic rings. The Balaban J connectivity index is 1.94. The molecule has 0 spiro atoms. The lowest BCUT2D eigenvalue weighted by Crippen LogP contribution is -2.22. The highest BCUT2D eigenvalue weighted by atomic mass is 35.5. The van der Waals surface area contributed by atoms with Crippen LogP contribution in [0.1, 0.15) is 5.56 Å². The fourth-order valence-corrected chi connectivity index (χ4v) is 2.09. The normalized spacial score (nSPS) is 10.2. The summed E-state index contributed by atoms with van der Waals surface area (Å²) in [4.78, 5) is 11.9. The number of halogens is 1. The van der Waals surface area contributed by atoms with Gasteiger partial charge in [0.25, 0.3) is 0 Å². The molecular weight excluding hydrogens is 288 g/mol. The van der Waals surface area contributed by atoms with Gasteiger partial charge >= 0.3 is 0 Å². The molecule has 2 aromatic carbocycles. The van der Waals surface area contributed by atoms with Crippen LogP contribution in [0, 0.1) is 0 Å². The van der Waals surface area contributed by atoms with Gasteiger partial charge in [0.2, 0.25) is 5.91 Å². The van der Waals surface area contributed by atoms with Crippen molar-refractivity contribution in [2.75, 3.05) is 24.3 Å². The van der Waals surface area contributed by atoms with E-state index in [1.165, 1.54) is 0 Å². The minimum Gasteiger partial charge on any atom is -0.380 e. The van der Waals surface area contributed by atoms with Crippen molar-refractivity contribution in [3.8, 4) is 0 Å². The second-order valence-electron chi connectivity index (χ2n) is 4.47. The average Bonchev–Trinajstić information content (AvgIpc) is 2.49. The van der Waals surface area contributed by atoms with Crippen molar-refractivity contribution in [3.63, 3.8) is 0 Å². The van der Waals surface area contributed by atoms with Gasteiger partial charge in [0.05, 0.1) is 23.9 Å². The molecule has 0 saturated carbocycles. The third-order valence-corrected chi connectivity index (χ3v) is 3.23. The van der Waals surface area contributed by atoms with Crippen LogP contribution in [-0.4, -0.2) is 19.6 Å². The molecule has 0 heterocycles. The molecule has 5 heteroatoms. The Bertz CT molecular complexity index is 617. The summed E-state index contributed by atoms with van der Waals surface area (Å²) in [6.07, 6.45) is 0. The van der Waals surface area contributed by atoms with E-state index in [1.54, 1.807) is 19.2 Å². The number of anilines is 2. The monoisotopic (exact) mass is 304 g/mol. The number of para-hydroxylation sites is 2. The molecule has 1 amide bonds. The van der Waals surface area contributed by atoms with E-state index < -0.39 is 0 Å². The fourth-order valence-electron chi connectivity index (χ4n) is 1.91. The standard InChI is InChI=1S/C16H17ClN2O2/c1-21-11-12-6-2-4-8-14(12)18-10-16(20)19-15-9-5-3-7-13(15)17/h2-9,18H,10-11H2,1H3,(H,19,20). The number of methoxy groups -OCH3 is 1. The van der Waals surface area contributed by atoms with E-state index in [4.69, 9.17) is 16.3 Å². The quantitative estimate of drug-likeness (QED) is 0.858. The van der Waals surface area contributed by atoms with Gasteiger partial charge < -0.3 is 15.4 Å². The lowest BCUT2D eigenvalue weighted by atomic mass is 10.2. The van der Waals surface area contributed by atoms with Crippen molar-refractivity contribution in [2.45, 2.75) is 6.61 Å². The zero-order valence-electron chi connectivity index (χ0n) is 11.7. The molecule has 21 heavy (non-hydrogen) atoms. The summed E-state index contributed by atoms with van der Waals surface area (Å²) in [5.41, 5.74) is 2.50. The zero-order chi connectivity index (χ0) is 15.1. The largest absolute Gasteiger partial charge is 0.380 e. The van der Waals surface area contributed by atoms with E-state index in [9.17, 15) is 4.79 Å². The predicted molar refractivity (Wildman–Crippen MR) is 85.7 cm³/mol. The van der Waals surface area contributed by atoms with Crippen molar-refractivity contribution in [2.24, 2.45) is 0 Å². The number of hydrogen-bond acceptors (Lipinski definition) is 3. The summed E-state index contributed by atoms with van der Waals surface area (Å²) in [6, 6.07) is 14.9. The number of rotatable bonds is 6. The van der Waals surface area contributed by atoms with Gasteiger partial charge in [0.15, 0.2) is 0 Å².